The fraction of sp³-hybridized carbons (Fsp3) is 0.100. The molecule has 0 fully saturated rings. The molecule has 0 aliphatic rings. The Labute approximate surface area is 74.6 Å². The van der Waals surface area contributed by atoms with Crippen LogP contribution < -0.4 is 0 Å². The van der Waals surface area contributed by atoms with Crippen molar-refractivity contribution in [3.8, 4) is 5.75 Å². The Morgan fingerprint density at radius 2 is 2.23 bits per heavy atom. The highest BCUT2D eigenvalue weighted by atomic mass is 16.3. The number of furan rings is 1. The SMILES string of the molecule is Cc1coc2ccc(C=O)c(O)c12. The molecule has 1 heterocycles. The van der Waals surface area contributed by atoms with Crippen molar-refractivity contribution in [1.82, 2.24) is 0 Å². The molecular formula is C10H8O3. The van der Waals surface area contributed by atoms with Crippen LogP contribution in [0, 0.1) is 6.92 Å². The van der Waals surface area contributed by atoms with Gasteiger partial charge in [0.05, 0.1) is 17.2 Å². The lowest BCUT2D eigenvalue weighted by Gasteiger charge is -1.97. The van der Waals surface area contributed by atoms with Crippen molar-refractivity contribution < 1.29 is 14.3 Å². The third kappa shape index (κ3) is 1.01. The molecule has 0 atom stereocenters. The number of phenolic OH excluding ortho intramolecular Hbond substituents is 1. The Bertz CT molecular complexity index is 468. The van der Waals surface area contributed by atoms with E-state index in [9.17, 15) is 9.90 Å². The molecule has 0 bridgehead atoms. The van der Waals surface area contributed by atoms with Crippen molar-refractivity contribution in [2.75, 3.05) is 0 Å². The molecular weight excluding hydrogens is 168 g/mol. The summed E-state index contributed by atoms with van der Waals surface area (Å²) in [4.78, 5) is 10.5. The molecule has 0 spiro atoms. The first-order chi connectivity index (χ1) is 6.24. The smallest absolute Gasteiger partial charge is 0.153 e. The van der Waals surface area contributed by atoms with Gasteiger partial charge in [-0.3, -0.25) is 4.79 Å². The fourth-order valence-corrected chi connectivity index (χ4v) is 1.37. The third-order valence-corrected chi connectivity index (χ3v) is 2.05. The largest absolute Gasteiger partial charge is 0.506 e. The van der Waals surface area contributed by atoms with Gasteiger partial charge in [0.1, 0.15) is 11.3 Å². The number of phenols is 1. The van der Waals surface area contributed by atoms with Crippen LogP contribution in [0.1, 0.15) is 15.9 Å². The summed E-state index contributed by atoms with van der Waals surface area (Å²) >= 11 is 0. The van der Waals surface area contributed by atoms with E-state index in [2.05, 4.69) is 0 Å². The zero-order chi connectivity index (χ0) is 9.42. The summed E-state index contributed by atoms with van der Waals surface area (Å²) in [7, 11) is 0. The standard InChI is InChI=1S/C10H8O3/c1-6-5-13-8-3-2-7(4-11)10(12)9(6)8/h2-5,12H,1H3. The molecule has 3 heteroatoms. The Morgan fingerprint density at radius 1 is 1.46 bits per heavy atom. The van der Waals surface area contributed by atoms with Gasteiger partial charge in [0.25, 0.3) is 0 Å². The first-order valence-corrected chi connectivity index (χ1v) is 3.89. The minimum Gasteiger partial charge on any atom is -0.506 e. The molecule has 3 nitrogen and oxygen atoms in total. The van der Waals surface area contributed by atoms with Crippen LogP contribution in [0.5, 0.6) is 5.75 Å². The summed E-state index contributed by atoms with van der Waals surface area (Å²) < 4.78 is 5.15. The van der Waals surface area contributed by atoms with Gasteiger partial charge >= 0.3 is 0 Å². The first-order valence-electron chi connectivity index (χ1n) is 3.89. The zero-order valence-electron chi connectivity index (χ0n) is 7.07. The Morgan fingerprint density at radius 3 is 2.92 bits per heavy atom. The third-order valence-electron chi connectivity index (χ3n) is 2.05. The first kappa shape index (κ1) is 7.86. The van der Waals surface area contributed by atoms with E-state index < -0.39 is 0 Å². The molecule has 0 saturated carbocycles. The van der Waals surface area contributed by atoms with Crippen molar-refractivity contribution >= 4 is 17.3 Å². The van der Waals surface area contributed by atoms with Gasteiger partial charge in [-0.1, -0.05) is 0 Å². The van der Waals surface area contributed by atoms with Crippen molar-refractivity contribution in [1.29, 1.82) is 0 Å². The molecule has 0 amide bonds. The fourth-order valence-electron chi connectivity index (χ4n) is 1.37. The van der Waals surface area contributed by atoms with E-state index in [4.69, 9.17) is 4.42 Å². The van der Waals surface area contributed by atoms with Gasteiger partial charge in [-0.05, 0) is 24.6 Å². The topological polar surface area (TPSA) is 50.4 Å². The summed E-state index contributed by atoms with van der Waals surface area (Å²) in [5, 5.41) is 10.2. The van der Waals surface area contributed by atoms with Crippen LogP contribution in [0.4, 0.5) is 0 Å². The molecule has 1 N–H and O–H groups in total. The molecule has 2 aromatic rings. The van der Waals surface area contributed by atoms with E-state index in [1.807, 2.05) is 6.92 Å². The maximum Gasteiger partial charge on any atom is 0.153 e. The number of fused-ring (bicyclic) bond motifs is 1. The van der Waals surface area contributed by atoms with Crippen LogP contribution in [-0.4, -0.2) is 11.4 Å². The quantitative estimate of drug-likeness (QED) is 0.678. The predicted molar refractivity (Wildman–Crippen MR) is 48.0 cm³/mol. The van der Waals surface area contributed by atoms with E-state index in [1.54, 1.807) is 12.3 Å². The van der Waals surface area contributed by atoms with Crippen LogP contribution in [-0.2, 0) is 0 Å². The number of aromatic hydroxyl groups is 1. The van der Waals surface area contributed by atoms with Crippen molar-refractivity contribution in [3.05, 3.63) is 29.5 Å². The highest BCUT2D eigenvalue weighted by molar-refractivity contribution is 5.95. The van der Waals surface area contributed by atoms with Crippen molar-refractivity contribution in [3.63, 3.8) is 0 Å². The number of hydrogen-bond acceptors (Lipinski definition) is 3. The summed E-state index contributed by atoms with van der Waals surface area (Å²) in [6, 6.07) is 3.21. The summed E-state index contributed by atoms with van der Waals surface area (Å²) in [6.07, 6.45) is 2.18. The minimum absolute atomic E-state index is 0.00116. The van der Waals surface area contributed by atoms with Crippen LogP contribution in [0.2, 0.25) is 0 Å². The molecule has 1 aromatic carbocycles. The molecule has 13 heavy (non-hydrogen) atoms. The number of rotatable bonds is 1. The molecule has 2 rings (SSSR count). The maximum atomic E-state index is 10.5. The van der Waals surface area contributed by atoms with Gasteiger partial charge in [-0.15, -0.1) is 0 Å². The number of carbonyl (C=O) groups excluding carboxylic acids is 1. The second kappa shape index (κ2) is 2.62. The molecule has 1 aromatic heterocycles. The van der Waals surface area contributed by atoms with Crippen LogP contribution >= 0.6 is 0 Å². The number of aldehydes is 1. The second-order valence-electron chi connectivity index (χ2n) is 2.91. The number of aryl methyl sites for hydroxylation is 1. The van der Waals surface area contributed by atoms with E-state index >= 15 is 0 Å². The van der Waals surface area contributed by atoms with Gasteiger partial charge in [0.15, 0.2) is 6.29 Å². The van der Waals surface area contributed by atoms with E-state index in [1.165, 1.54) is 6.07 Å². The Kier molecular flexibility index (Phi) is 1.59. The van der Waals surface area contributed by atoms with Crippen LogP contribution in [0.3, 0.4) is 0 Å². The van der Waals surface area contributed by atoms with E-state index in [0.29, 0.717) is 17.3 Å². The van der Waals surface area contributed by atoms with E-state index in [0.717, 1.165) is 5.56 Å². The zero-order valence-corrected chi connectivity index (χ0v) is 7.07. The van der Waals surface area contributed by atoms with Gasteiger partial charge in [0.2, 0.25) is 0 Å². The molecule has 0 saturated heterocycles. The van der Waals surface area contributed by atoms with Gasteiger partial charge in [-0.25, -0.2) is 0 Å². The van der Waals surface area contributed by atoms with Crippen molar-refractivity contribution in [2.24, 2.45) is 0 Å². The number of benzene rings is 1. The summed E-state index contributed by atoms with van der Waals surface area (Å²) in [6.45, 7) is 1.82. The normalized spacial score (nSPS) is 10.5. The highest BCUT2D eigenvalue weighted by Gasteiger charge is 2.10. The van der Waals surface area contributed by atoms with E-state index in [-0.39, 0.29) is 11.3 Å². The summed E-state index contributed by atoms with van der Waals surface area (Å²) in [5.41, 5.74) is 1.72. The monoisotopic (exact) mass is 176 g/mol. The molecule has 0 aliphatic carbocycles. The van der Waals surface area contributed by atoms with Gasteiger partial charge in [-0.2, -0.15) is 0 Å². The average Bonchev–Trinajstić information content (AvgIpc) is 2.49. The Balaban J connectivity index is 2.91. The van der Waals surface area contributed by atoms with Crippen LogP contribution in [0.25, 0.3) is 11.0 Å². The second-order valence-corrected chi connectivity index (χ2v) is 2.91. The lowest BCUT2D eigenvalue weighted by atomic mass is 10.1. The van der Waals surface area contributed by atoms with Crippen LogP contribution in [0.15, 0.2) is 22.8 Å². The number of hydrogen-bond donors (Lipinski definition) is 1. The van der Waals surface area contributed by atoms with Gasteiger partial charge in [0, 0.05) is 0 Å². The lowest BCUT2D eigenvalue weighted by Crippen LogP contribution is -1.81. The summed E-state index contributed by atoms with van der Waals surface area (Å²) in [5.74, 6) is -0.00116. The lowest BCUT2D eigenvalue weighted by molar-refractivity contribution is 0.112. The number of carbonyl (C=O) groups is 1. The predicted octanol–water partition coefficient (Wildman–Crippen LogP) is 2.26. The van der Waals surface area contributed by atoms with Crippen molar-refractivity contribution in [2.45, 2.75) is 6.92 Å². The maximum absolute atomic E-state index is 10.5. The Hall–Kier alpha value is -1.77. The highest BCUT2D eigenvalue weighted by Crippen LogP contribution is 2.31. The molecule has 0 unspecified atom stereocenters. The minimum atomic E-state index is -0.00116. The molecule has 0 radical (unpaired) electrons. The molecule has 66 valence electrons. The average molecular weight is 176 g/mol. The van der Waals surface area contributed by atoms with Gasteiger partial charge < -0.3 is 9.52 Å². The molecule has 0 aliphatic heterocycles.